The zero-order valence-corrected chi connectivity index (χ0v) is 17.4. The van der Waals surface area contributed by atoms with Gasteiger partial charge in [-0.05, 0) is 37.5 Å². The largest absolute Gasteiger partial charge is 0.493 e. The van der Waals surface area contributed by atoms with Crippen LogP contribution in [0, 0.1) is 0 Å². The molecule has 0 saturated carbocycles. The number of aromatic nitrogens is 3. The summed E-state index contributed by atoms with van der Waals surface area (Å²) in [6, 6.07) is 6.05. The van der Waals surface area contributed by atoms with E-state index in [1.54, 1.807) is 18.7 Å². The highest BCUT2D eigenvalue weighted by Gasteiger charge is 2.34. The van der Waals surface area contributed by atoms with Crippen LogP contribution in [0.15, 0.2) is 18.2 Å². The minimum Gasteiger partial charge on any atom is -0.493 e. The van der Waals surface area contributed by atoms with Crippen LogP contribution < -0.4 is 14.4 Å². The topological polar surface area (TPSA) is 73.3 Å². The second-order valence-electron chi connectivity index (χ2n) is 7.13. The molecule has 0 aliphatic carbocycles. The highest BCUT2D eigenvalue weighted by Crippen LogP contribution is 2.38. The molecule has 0 spiro atoms. The third kappa shape index (κ3) is 3.31. The average molecular weight is 404 g/mol. The maximum atomic E-state index is 11.0. The molecule has 1 fully saturated rings. The second-order valence-corrected chi connectivity index (χ2v) is 8.14. The van der Waals surface area contributed by atoms with Crippen LogP contribution >= 0.6 is 11.3 Å². The van der Waals surface area contributed by atoms with Gasteiger partial charge in [0.15, 0.2) is 23.4 Å². The molecule has 7 nitrogen and oxygen atoms in total. The number of benzene rings is 1. The SMILES string of the molecule is CCc1nc2sc([C@H](c3ccc(OC)c(OC)c3)[NH+]3CCCCC3)c(O)n2n1. The summed E-state index contributed by atoms with van der Waals surface area (Å²) in [5.74, 6) is 2.36. The Kier molecular flexibility index (Phi) is 5.41. The highest BCUT2D eigenvalue weighted by molar-refractivity contribution is 7.17. The number of hydrogen-bond donors (Lipinski definition) is 2. The fourth-order valence-corrected chi connectivity index (χ4v) is 5.19. The van der Waals surface area contributed by atoms with Gasteiger partial charge in [-0.3, -0.25) is 0 Å². The first-order valence-corrected chi connectivity index (χ1v) is 10.6. The lowest BCUT2D eigenvalue weighted by Crippen LogP contribution is -3.13. The number of ether oxygens (including phenoxy) is 2. The van der Waals surface area contributed by atoms with Gasteiger partial charge in [-0.15, -0.1) is 5.10 Å². The van der Waals surface area contributed by atoms with Gasteiger partial charge in [0.05, 0.1) is 27.3 Å². The maximum Gasteiger partial charge on any atom is 0.235 e. The number of methoxy groups -OCH3 is 2. The number of quaternary nitrogens is 1. The van der Waals surface area contributed by atoms with Crippen molar-refractivity contribution in [2.24, 2.45) is 0 Å². The lowest BCUT2D eigenvalue weighted by atomic mass is 10.00. The molecule has 150 valence electrons. The van der Waals surface area contributed by atoms with Crippen LogP contribution in [0.2, 0.25) is 0 Å². The first-order chi connectivity index (χ1) is 13.7. The fraction of sp³-hybridized carbons (Fsp3) is 0.500. The van der Waals surface area contributed by atoms with E-state index in [2.05, 4.69) is 16.1 Å². The van der Waals surface area contributed by atoms with Gasteiger partial charge in [-0.2, -0.15) is 4.52 Å². The van der Waals surface area contributed by atoms with Crippen molar-refractivity contribution in [1.29, 1.82) is 0 Å². The van der Waals surface area contributed by atoms with Gasteiger partial charge in [0.1, 0.15) is 4.88 Å². The summed E-state index contributed by atoms with van der Waals surface area (Å²) in [4.78, 5) is 7.65. The quantitative estimate of drug-likeness (QED) is 0.660. The Morgan fingerprint density at radius 2 is 1.93 bits per heavy atom. The minimum absolute atomic E-state index is 0.0127. The molecule has 8 heteroatoms. The third-order valence-electron chi connectivity index (χ3n) is 5.47. The van der Waals surface area contributed by atoms with E-state index in [1.165, 1.54) is 35.5 Å². The van der Waals surface area contributed by atoms with Gasteiger partial charge in [0.25, 0.3) is 0 Å². The van der Waals surface area contributed by atoms with E-state index >= 15 is 0 Å². The van der Waals surface area contributed by atoms with Crippen molar-refractivity contribution in [3.05, 3.63) is 34.5 Å². The van der Waals surface area contributed by atoms with Gasteiger partial charge in [0.2, 0.25) is 10.8 Å². The molecule has 1 atom stereocenters. The summed E-state index contributed by atoms with van der Waals surface area (Å²) in [6.07, 6.45) is 4.41. The molecular weight excluding hydrogens is 376 g/mol. The van der Waals surface area contributed by atoms with Gasteiger partial charge in [0, 0.05) is 12.0 Å². The molecule has 3 heterocycles. The Balaban J connectivity index is 1.82. The Morgan fingerprint density at radius 1 is 1.18 bits per heavy atom. The molecule has 1 aliphatic heterocycles. The number of nitrogens with zero attached hydrogens (tertiary/aromatic N) is 3. The van der Waals surface area contributed by atoms with Gasteiger partial charge >= 0.3 is 0 Å². The number of likely N-dealkylation sites (tertiary alicyclic amines) is 1. The molecule has 2 N–H and O–H groups in total. The number of piperidine rings is 1. The molecule has 1 aromatic carbocycles. The summed E-state index contributed by atoms with van der Waals surface area (Å²) < 4.78 is 12.5. The first kappa shape index (κ1) is 19.0. The van der Waals surface area contributed by atoms with Crippen molar-refractivity contribution in [3.63, 3.8) is 0 Å². The van der Waals surface area contributed by atoms with Crippen molar-refractivity contribution in [1.82, 2.24) is 14.6 Å². The van der Waals surface area contributed by atoms with Crippen LogP contribution in [0.3, 0.4) is 0 Å². The summed E-state index contributed by atoms with van der Waals surface area (Å²) >= 11 is 1.53. The number of hydrogen-bond acceptors (Lipinski definition) is 6. The standard InChI is InChI=1S/C20H26N4O3S/c1-4-16-21-20-24(22-16)19(25)18(28-20)17(23-10-6-5-7-11-23)13-8-9-14(26-2)15(12-13)27-3/h8-9,12,17,25H,4-7,10-11H2,1-3H3/p+1/t17-/m0/s1. The smallest absolute Gasteiger partial charge is 0.235 e. The predicted molar refractivity (Wildman–Crippen MR) is 108 cm³/mol. The van der Waals surface area contributed by atoms with Crippen LogP contribution in [0.5, 0.6) is 17.4 Å². The molecule has 28 heavy (non-hydrogen) atoms. The van der Waals surface area contributed by atoms with Crippen LogP contribution in [-0.4, -0.2) is 47.0 Å². The number of nitrogens with one attached hydrogen (secondary N) is 1. The molecule has 0 radical (unpaired) electrons. The van der Waals surface area contributed by atoms with Crippen molar-refractivity contribution >= 4 is 16.3 Å². The van der Waals surface area contributed by atoms with Crippen molar-refractivity contribution in [3.8, 4) is 17.4 Å². The van der Waals surface area contributed by atoms with Crippen LogP contribution in [0.25, 0.3) is 4.96 Å². The molecule has 2 aromatic heterocycles. The zero-order chi connectivity index (χ0) is 19.7. The van der Waals surface area contributed by atoms with Crippen molar-refractivity contribution < 1.29 is 19.5 Å². The lowest BCUT2D eigenvalue weighted by molar-refractivity contribution is -0.929. The predicted octanol–water partition coefficient (Wildman–Crippen LogP) is 2.23. The van der Waals surface area contributed by atoms with Crippen LogP contribution in [0.1, 0.15) is 48.5 Å². The monoisotopic (exact) mass is 403 g/mol. The van der Waals surface area contributed by atoms with E-state index in [-0.39, 0.29) is 11.9 Å². The fourth-order valence-electron chi connectivity index (χ4n) is 4.03. The molecule has 3 aromatic rings. The number of aromatic hydroxyl groups is 1. The molecule has 0 amide bonds. The molecule has 0 unspecified atom stereocenters. The maximum absolute atomic E-state index is 11.0. The number of fused-ring (bicyclic) bond motifs is 1. The Morgan fingerprint density at radius 3 is 2.57 bits per heavy atom. The lowest BCUT2D eigenvalue weighted by Gasteiger charge is -2.31. The van der Waals surface area contributed by atoms with E-state index in [1.807, 2.05) is 19.1 Å². The summed E-state index contributed by atoms with van der Waals surface area (Å²) in [5.41, 5.74) is 1.10. The van der Waals surface area contributed by atoms with Gasteiger partial charge < -0.3 is 19.5 Å². The van der Waals surface area contributed by atoms with Crippen molar-refractivity contribution in [2.75, 3.05) is 27.3 Å². The Hall–Kier alpha value is -2.32. The molecule has 1 aliphatic rings. The van der Waals surface area contributed by atoms with E-state index in [4.69, 9.17) is 9.47 Å². The highest BCUT2D eigenvalue weighted by atomic mass is 32.1. The van der Waals surface area contributed by atoms with Crippen molar-refractivity contribution in [2.45, 2.75) is 38.6 Å². The van der Waals surface area contributed by atoms with Gasteiger partial charge in [-0.25, -0.2) is 4.98 Å². The Bertz CT molecular complexity index is 962. The zero-order valence-electron chi connectivity index (χ0n) is 16.6. The second kappa shape index (κ2) is 7.97. The number of thiazole rings is 1. The van der Waals surface area contributed by atoms with E-state index in [9.17, 15) is 5.11 Å². The van der Waals surface area contributed by atoms with E-state index in [0.29, 0.717) is 11.5 Å². The summed E-state index contributed by atoms with van der Waals surface area (Å²) in [6.45, 7) is 4.17. The number of aryl methyl sites for hydroxylation is 1. The third-order valence-corrected chi connectivity index (χ3v) is 6.55. The summed E-state index contributed by atoms with van der Waals surface area (Å²) in [5, 5.41) is 15.4. The molecule has 1 saturated heterocycles. The first-order valence-electron chi connectivity index (χ1n) is 9.80. The minimum atomic E-state index is 0.0127. The number of rotatable bonds is 6. The van der Waals surface area contributed by atoms with E-state index in [0.717, 1.165) is 40.7 Å². The van der Waals surface area contributed by atoms with Crippen LogP contribution in [0.4, 0.5) is 0 Å². The molecular formula is C20H27N4O3S+. The normalized spacial score (nSPS) is 16.4. The average Bonchev–Trinajstić information content (AvgIpc) is 3.28. The molecule has 0 bridgehead atoms. The Labute approximate surface area is 168 Å². The molecule has 4 rings (SSSR count). The van der Waals surface area contributed by atoms with Gasteiger partial charge in [-0.1, -0.05) is 18.3 Å². The van der Waals surface area contributed by atoms with Crippen LogP contribution in [-0.2, 0) is 6.42 Å². The summed E-state index contributed by atoms with van der Waals surface area (Å²) in [7, 11) is 3.29. The van der Waals surface area contributed by atoms with E-state index < -0.39 is 0 Å².